The predicted octanol–water partition coefficient (Wildman–Crippen LogP) is 2.80. The fourth-order valence-corrected chi connectivity index (χ4v) is 2.78. The minimum atomic E-state index is 0.327. The van der Waals surface area contributed by atoms with Crippen LogP contribution in [0.5, 0.6) is 28.7 Å². The van der Waals surface area contributed by atoms with Crippen molar-refractivity contribution in [3.8, 4) is 28.7 Å². The molecule has 0 saturated carbocycles. The number of ether oxygens (including phenoxy) is 5. The van der Waals surface area contributed by atoms with Crippen LogP contribution in [0.4, 0.5) is 5.69 Å². The minimum absolute atomic E-state index is 0.327. The van der Waals surface area contributed by atoms with Crippen LogP contribution < -0.4 is 34.4 Å². The van der Waals surface area contributed by atoms with Crippen molar-refractivity contribution in [3.63, 3.8) is 0 Å². The minimum Gasteiger partial charge on any atom is -0.493 e. The van der Waals surface area contributed by atoms with Crippen LogP contribution >= 0.6 is 12.2 Å². The van der Waals surface area contributed by atoms with Gasteiger partial charge in [-0.3, -0.25) is 5.43 Å². The van der Waals surface area contributed by atoms with E-state index in [0.717, 1.165) is 11.3 Å². The number of nitrogens with zero attached hydrogens (tertiary/aromatic N) is 1. The van der Waals surface area contributed by atoms with Crippen LogP contribution in [0.3, 0.4) is 0 Å². The van der Waals surface area contributed by atoms with Crippen molar-refractivity contribution in [2.75, 3.05) is 39.9 Å². The number of hydrazone groups is 1. The van der Waals surface area contributed by atoms with Gasteiger partial charge in [-0.05, 0) is 36.5 Å². The molecule has 28 heavy (non-hydrogen) atoms. The lowest BCUT2D eigenvalue weighted by atomic mass is 10.2. The summed E-state index contributed by atoms with van der Waals surface area (Å²) in [7, 11) is 4.73. The van der Waals surface area contributed by atoms with E-state index < -0.39 is 0 Å². The molecule has 0 amide bonds. The molecule has 0 unspecified atom stereocenters. The number of thiocarbonyl (C=S) groups is 1. The highest BCUT2D eigenvalue weighted by molar-refractivity contribution is 7.80. The Balaban J connectivity index is 1.64. The van der Waals surface area contributed by atoms with E-state index in [1.165, 1.54) is 0 Å². The van der Waals surface area contributed by atoms with Gasteiger partial charge in [-0.15, -0.1) is 0 Å². The molecule has 1 heterocycles. The molecule has 0 spiro atoms. The summed E-state index contributed by atoms with van der Waals surface area (Å²) >= 11 is 5.26. The van der Waals surface area contributed by atoms with E-state index in [4.69, 9.17) is 35.9 Å². The number of hydrogen-bond acceptors (Lipinski definition) is 7. The highest BCUT2D eigenvalue weighted by Crippen LogP contribution is 2.40. The molecule has 9 heteroatoms. The number of anilines is 1. The zero-order chi connectivity index (χ0) is 19.9. The first-order valence-corrected chi connectivity index (χ1v) is 8.85. The SMILES string of the molecule is COc1ccc(NC(=S)N/N=C\c2cc(OC)c3c(c2)OCCO3)cc1OC. The molecule has 2 aromatic rings. The maximum absolute atomic E-state index is 5.61. The lowest BCUT2D eigenvalue weighted by Gasteiger charge is -2.20. The molecule has 0 aliphatic carbocycles. The zero-order valence-electron chi connectivity index (χ0n) is 15.8. The van der Waals surface area contributed by atoms with Gasteiger partial charge in [0.15, 0.2) is 28.1 Å². The molecular weight excluding hydrogens is 382 g/mol. The van der Waals surface area contributed by atoms with E-state index in [-0.39, 0.29) is 0 Å². The summed E-state index contributed by atoms with van der Waals surface area (Å²) in [6.07, 6.45) is 1.61. The van der Waals surface area contributed by atoms with Gasteiger partial charge in [0.1, 0.15) is 13.2 Å². The molecule has 8 nitrogen and oxygen atoms in total. The van der Waals surface area contributed by atoms with Gasteiger partial charge in [-0.2, -0.15) is 5.10 Å². The molecule has 2 N–H and O–H groups in total. The van der Waals surface area contributed by atoms with Gasteiger partial charge in [0.25, 0.3) is 0 Å². The van der Waals surface area contributed by atoms with Gasteiger partial charge in [0.05, 0.1) is 27.5 Å². The highest BCUT2D eigenvalue weighted by atomic mass is 32.1. The number of rotatable bonds is 6. The highest BCUT2D eigenvalue weighted by Gasteiger charge is 2.17. The van der Waals surface area contributed by atoms with Crippen molar-refractivity contribution in [3.05, 3.63) is 35.9 Å². The average Bonchev–Trinajstić information content (AvgIpc) is 2.73. The van der Waals surface area contributed by atoms with Crippen LogP contribution in [0.2, 0.25) is 0 Å². The van der Waals surface area contributed by atoms with E-state index in [1.54, 1.807) is 39.7 Å². The second-order valence-corrected chi connectivity index (χ2v) is 6.05. The normalized spacial score (nSPS) is 12.4. The van der Waals surface area contributed by atoms with Gasteiger partial charge in [-0.25, -0.2) is 0 Å². The zero-order valence-corrected chi connectivity index (χ0v) is 16.6. The maximum atomic E-state index is 5.61. The summed E-state index contributed by atoms with van der Waals surface area (Å²) in [6, 6.07) is 9.03. The third-order valence-corrected chi connectivity index (χ3v) is 4.06. The van der Waals surface area contributed by atoms with Gasteiger partial charge in [0, 0.05) is 17.3 Å². The molecule has 0 bridgehead atoms. The van der Waals surface area contributed by atoms with Crippen LogP contribution in [0, 0.1) is 0 Å². The van der Waals surface area contributed by atoms with E-state index in [2.05, 4.69) is 15.8 Å². The second kappa shape index (κ2) is 9.14. The molecule has 0 radical (unpaired) electrons. The van der Waals surface area contributed by atoms with Crippen molar-refractivity contribution in [2.24, 2.45) is 5.10 Å². The number of benzene rings is 2. The van der Waals surface area contributed by atoms with Crippen LogP contribution in [-0.2, 0) is 0 Å². The summed E-state index contributed by atoms with van der Waals surface area (Å²) in [4.78, 5) is 0. The van der Waals surface area contributed by atoms with Crippen LogP contribution in [0.1, 0.15) is 5.56 Å². The van der Waals surface area contributed by atoms with Crippen molar-refractivity contribution < 1.29 is 23.7 Å². The summed E-state index contributed by atoms with van der Waals surface area (Å²) in [5, 5.41) is 7.51. The Morgan fingerprint density at radius 2 is 1.75 bits per heavy atom. The molecular formula is C19H21N3O5S. The van der Waals surface area contributed by atoms with E-state index in [9.17, 15) is 0 Å². The third kappa shape index (κ3) is 4.55. The second-order valence-electron chi connectivity index (χ2n) is 5.64. The largest absolute Gasteiger partial charge is 0.493 e. The molecule has 0 atom stereocenters. The Morgan fingerprint density at radius 3 is 2.50 bits per heavy atom. The molecule has 0 saturated heterocycles. The Hall–Kier alpha value is -3.20. The smallest absolute Gasteiger partial charge is 0.203 e. The number of fused-ring (bicyclic) bond motifs is 1. The van der Waals surface area contributed by atoms with Crippen molar-refractivity contribution in [2.45, 2.75) is 0 Å². The van der Waals surface area contributed by atoms with Crippen LogP contribution in [-0.4, -0.2) is 45.9 Å². The quantitative estimate of drug-likeness (QED) is 0.433. The standard InChI is InChI=1S/C19H21N3O5S/c1-23-14-5-4-13(10-15(14)24-2)21-19(28)22-20-11-12-8-16(25-3)18-17(9-12)26-6-7-27-18/h4-5,8-11H,6-7H2,1-3H3,(H2,21,22,28)/b20-11-. The first-order chi connectivity index (χ1) is 13.6. The number of hydrogen-bond donors (Lipinski definition) is 2. The summed E-state index contributed by atoms with van der Waals surface area (Å²) in [5.41, 5.74) is 4.29. The molecule has 2 aromatic carbocycles. The van der Waals surface area contributed by atoms with Gasteiger partial charge < -0.3 is 29.0 Å². The first kappa shape index (κ1) is 19.6. The molecule has 0 aromatic heterocycles. The van der Waals surface area contributed by atoms with E-state index in [0.29, 0.717) is 47.1 Å². The first-order valence-electron chi connectivity index (χ1n) is 8.44. The average molecular weight is 403 g/mol. The fourth-order valence-electron chi connectivity index (χ4n) is 2.61. The lowest BCUT2D eigenvalue weighted by molar-refractivity contribution is 0.165. The monoisotopic (exact) mass is 403 g/mol. The number of nitrogens with one attached hydrogen (secondary N) is 2. The number of methoxy groups -OCH3 is 3. The molecule has 0 fully saturated rings. The molecule has 148 valence electrons. The van der Waals surface area contributed by atoms with Gasteiger partial charge >= 0.3 is 0 Å². The predicted molar refractivity (Wildman–Crippen MR) is 110 cm³/mol. The molecule has 1 aliphatic heterocycles. The Bertz CT molecular complexity index is 871. The van der Waals surface area contributed by atoms with Crippen molar-refractivity contribution in [1.29, 1.82) is 0 Å². The maximum Gasteiger partial charge on any atom is 0.203 e. The lowest BCUT2D eigenvalue weighted by Crippen LogP contribution is -2.23. The Kier molecular flexibility index (Phi) is 6.38. The van der Waals surface area contributed by atoms with Crippen molar-refractivity contribution >= 4 is 29.2 Å². The Morgan fingerprint density at radius 1 is 1.00 bits per heavy atom. The van der Waals surface area contributed by atoms with Crippen molar-refractivity contribution in [1.82, 2.24) is 5.43 Å². The van der Waals surface area contributed by atoms with E-state index in [1.807, 2.05) is 18.2 Å². The summed E-state index contributed by atoms with van der Waals surface area (Å²) in [5.74, 6) is 3.05. The topological polar surface area (TPSA) is 82.6 Å². The van der Waals surface area contributed by atoms with Gasteiger partial charge in [0.2, 0.25) is 5.75 Å². The third-order valence-electron chi connectivity index (χ3n) is 3.87. The fraction of sp³-hybridized carbons (Fsp3) is 0.263. The van der Waals surface area contributed by atoms with E-state index >= 15 is 0 Å². The molecule has 3 rings (SSSR count). The Labute approximate surface area is 168 Å². The van der Waals surface area contributed by atoms with Crippen LogP contribution in [0.15, 0.2) is 35.4 Å². The summed E-state index contributed by atoms with van der Waals surface area (Å²) in [6.45, 7) is 0.989. The van der Waals surface area contributed by atoms with Crippen LogP contribution in [0.25, 0.3) is 0 Å². The molecule has 1 aliphatic rings. The summed E-state index contributed by atoms with van der Waals surface area (Å²) < 4.78 is 27.0. The van der Waals surface area contributed by atoms with Gasteiger partial charge in [-0.1, -0.05) is 0 Å².